The smallest absolute Gasteiger partial charge is 0.261 e. The molecule has 0 aliphatic rings. The minimum atomic E-state index is -0.442. The van der Waals surface area contributed by atoms with Crippen molar-refractivity contribution in [1.82, 2.24) is 5.32 Å². The van der Waals surface area contributed by atoms with Crippen LogP contribution in [0.5, 0.6) is 5.75 Å². The summed E-state index contributed by atoms with van der Waals surface area (Å²) < 4.78 is 5.89. The van der Waals surface area contributed by atoms with Crippen LogP contribution in [0.15, 0.2) is 48.5 Å². The van der Waals surface area contributed by atoms with E-state index < -0.39 is 6.10 Å². The predicted molar refractivity (Wildman–Crippen MR) is 98.4 cm³/mol. The van der Waals surface area contributed by atoms with E-state index >= 15 is 0 Å². The molecule has 2 aromatic rings. The summed E-state index contributed by atoms with van der Waals surface area (Å²) in [6, 6.07) is 16.4. The zero-order chi connectivity index (χ0) is 17.4. The maximum absolute atomic E-state index is 12.3. The van der Waals surface area contributed by atoms with Gasteiger partial charge in [-0.05, 0) is 61.9 Å². The Labute approximate surface area is 145 Å². The molecule has 128 valence electrons. The number of carbonyl (C=O) groups excluding carboxylic acids is 1. The molecule has 3 nitrogen and oxygen atoms in total. The van der Waals surface area contributed by atoms with E-state index in [9.17, 15) is 4.79 Å². The molecule has 0 saturated carbocycles. The van der Waals surface area contributed by atoms with E-state index in [1.54, 1.807) is 0 Å². The van der Waals surface area contributed by atoms with Crippen LogP contribution in [0.4, 0.5) is 0 Å². The number of aryl methyl sites for hydroxylation is 3. The van der Waals surface area contributed by atoms with Gasteiger partial charge in [-0.1, -0.05) is 43.3 Å². The highest BCUT2D eigenvalue weighted by Crippen LogP contribution is 2.18. The second-order valence-electron chi connectivity index (χ2n) is 6.22. The van der Waals surface area contributed by atoms with Gasteiger partial charge in [-0.3, -0.25) is 4.79 Å². The Balaban J connectivity index is 1.80. The topological polar surface area (TPSA) is 38.3 Å². The number of amides is 1. The van der Waals surface area contributed by atoms with Crippen molar-refractivity contribution in [3.05, 3.63) is 65.2 Å². The SMILES string of the molecule is CC[C@H](Oc1cc(C)cc(C)c1)C(=O)NCCCc1ccccc1. The van der Waals surface area contributed by atoms with E-state index in [2.05, 4.69) is 23.5 Å². The number of rotatable bonds is 8. The molecule has 1 N–H and O–H groups in total. The summed E-state index contributed by atoms with van der Waals surface area (Å²) in [4.78, 5) is 12.3. The molecule has 0 spiro atoms. The largest absolute Gasteiger partial charge is 0.481 e. The number of ether oxygens (including phenoxy) is 1. The van der Waals surface area contributed by atoms with Crippen LogP contribution < -0.4 is 10.1 Å². The third kappa shape index (κ3) is 5.73. The van der Waals surface area contributed by atoms with Crippen molar-refractivity contribution in [2.24, 2.45) is 0 Å². The van der Waals surface area contributed by atoms with Crippen LogP contribution in [0.2, 0.25) is 0 Å². The van der Waals surface area contributed by atoms with Gasteiger partial charge in [-0.25, -0.2) is 0 Å². The molecule has 2 aromatic carbocycles. The molecule has 0 saturated heterocycles. The Hall–Kier alpha value is -2.29. The van der Waals surface area contributed by atoms with Gasteiger partial charge < -0.3 is 10.1 Å². The van der Waals surface area contributed by atoms with Crippen molar-refractivity contribution in [3.8, 4) is 5.75 Å². The molecule has 0 unspecified atom stereocenters. The van der Waals surface area contributed by atoms with Gasteiger partial charge in [-0.2, -0.15) is 0 Å². The zero-order valence-corrected chi connectivity index (χ0v) is 14.8. The summed E-state index contributed by atoms with van der Waals surface area (Å²) in [5, 5.41) is 2.99. The average molecular weight is 325 g/mol. The lowest BCUT2D eigenvalue weighted by Gasteiger charge is -2.18. The van der Waals surface area contributed by atoms with Crippen LogP contribution in [-0.4, -0.2) is 18.6 Å². The highest BCUT2D eigenvalue weighted by molar-refractivity contribution is 5.81. The first-order valence-electron chi connectivity index (χ1n) is 8.65. The molecule has 0 aliphatic heterocycles. The molecule has 0 radical (unpaired) electrons. The van der Waals surface area contributed by atoms with Gasteiger partial charge in [0.1, 0.15) is 5.75 Å². The van der Waals surface area contributed by atoms with Crippen molar-refractivity contribution < 1.29 is 9.53 Å². The molecule has 1 atom stereocenters. The van der Waals surface area contributed by atoms with Crippen LogP contribution in [0.1, 0.15) is 36.5 Å². The quantitative estimate of drug-likeness (QED) is 0.738. The molecule has 1 amide bonds. The van der Waals surface area contributed by atoms with Crippen LogP contribution in [0, 0.1) is 13.8 Å². The number of carbonyl (C=O) groups is 1. The standard InChI is InChI=1S/C21H27NO2/c1-4-20(24-19-14-16(2)13-17(3)15-19)21(23)22-12-8-11-18-9-6-5-7-10-18/h5-7,9-10,13-15,20H,4,8,11-12H2,1-3H3,(H,22,23)/t20-/m0/s1. The van der Waals surface area contributed by atoms with Crippen LogP contribution in [0.3, 0.4) is 0 Å². The first-order valence-corrected chi connectivity index (χ1v) is 8.65. The second-order valence-corrected chi connectivity index (χ2v) is 6.22. The normalized spacial score (nSPS) is 11.8. The highest BCUT2D eigenvalue weighted by atomic mass is 16.5. The molecular weight excluding hydrogens is 298 g/mol. The van der Waals surface area contributed by atoms with E-state index in [1.807, 2.05) is 51.1 Å². The monoisotopic (exact) mass is 325 g/mol. The third-order valence-electron chi connectivity index (χ3n) is 3.92. The lowest BCUT2D eigenvalue weighted by molar-refractivity contribution is -0.128. The molecule has 0 bridgehead atoms. The molecule has 0 aliphatic carbocycles. The number of nitrogens with one attached hydrogen (secondary N) is 1. The average Bonchev–Trinajstić information content (AvgIpc) is 2.56. The summed E-state index contributed by atoms with van der Waals surface area (Å²) in [6.45, 7) is 6.70. The van der Waals surface area contributed by atoms with Gasteiger partial charge in [0, 0.05) is 6.54 Å². The van der Waals surface area contributed by atoms with E-state index in [0.717, 1.165) is 29.7 Å². The fourth-order valence-corrected chi connectivity index (χ4v) is 2.75. The maximum Gasteiger partial charge on any atom is 0.261 e. The summed E-state index contributed by atoms with van der Waals surface area (Å²) in [5.74, 6) is 0.725. The summed E-state index contributed by atoms with van der Waals surface area (Å²) in [5.41, 5.74) is 3.58. The van der Waals surface area contributed by atoms with Gasteiger partial charge in [0.05, 0.1) is 0 Å². The summed E-state index contributed by atoms with van der Waals surface area (Å²) >= 11 is 0. The van der Waals surface area contributed by atoms with E-state index in [4.69, 9.17) is 4.74 Å². The van der Waals surface area contributed by atoms with Gasteiger partial charge in [0.25, 0.3) is 5.91 Å². The maximum atomic E-state index is 12.3. The first kappa shape index (κ1) is 18.1. The Kier molecular flexibility index (Phi) is 6.86. The summed E-state index contributed by atoms with van der Waals surface area (Å²) in [7, 11) is 0. The molecular formula is C21H27NO2. The Morgan fingerprint density at radius 2 is 1.75 bits per heavy atom. The molecule has 0 fully saturated rings. The van der Waals surface area contributed by atoms with Crippen LogP contribution >= 0.6 is 0 Å². The van der Waals surface area contributed by atoms with Crippen molar-refractivity contribution >= 4 is 5.91 Å². The van der Waals surface area contributed by atoms with E-state index in [0.29, 0.717) is 13.0 Å². The van der Waals surface area contributed by atoms with Crippen molar-refractivity contribution in [2.75, 3.05) is 6.54 Å². The van der Waals surface area contributed by atoms with Gasteiger partial charge >= 0.3 is 0 Å². The molecule has 0 aromatic heterocycles. The molecule has 0 heterocycles. The zero-order valence-electron chi connectivity index (χ0n) is 14.8. The molecule has 2 rings (SSSR count). The fraction of sp³-hybridized carbons (Fsp3) is 0.381. The third-order valence-corrected chi connectivity index (χ3v) is 3.92. The lowest BCUT2D eigenvalue weighted by atomic mass is 10.1. The minimum absolute atomic E-state index is 0.0373. The highest BCUT2D eigenvalue weighted by Gasteiger charge is 2.18. The second kappa shape index (κ2) is 9.11. The van der Waals surface area contributed by atoms with E-state index in [-0.39, 0.29) is 5.91 Å². The Morgan fingerprint density at radius 1 is 1.08 bits per heavy atom. The van der Waals surface area contributed by atoms with Crippen LogP contribution in [-0.2, 0) is 11.2 Å². The summed E-state index contributed by atoms with van der Waals surface area (Å²) in [6.07, 6.45) is 2.10. The number of hydrogen-bond donors (Lipinski definition) is 1. The van der Waals surface area contributed by atoms with Crippen molar-refractivity contribution in [3.63, 3.8) is 0 Å². The molecule has 24 heavy (non-hydrogen) atoms. The van der Waals surface area contributed by atoms with E-state index in [1.165, 1.54) is 5.56 Å². The fourth-order valence-electron chi connectivity index (χ4n) is 2.75. The minimum Gasteiger partial charge on any atom is -0.481 e. The van der Waals surface area contributed by atoms with Crippen molar-refractivity contribution in [2.45, 2.75) is 46.1 Å². The number of benzene rings is 2. The van der Waals surface area contributed by atoms with Gasteiger partial charge in [0.2, 0.25) is 0 Å². The van der Waals surface area contributed by atoms with Gasteiger partial charge in [0.15, 0.2) is 6.10 Å². The first-order chi connectivity index (χ1) is 11.6. The van der Waals surface area contributed by atoms with Gasteiger partial charge in [-0.15, -0.1) is 0 Å². The van der Waals surface area contributed by atoms with Crippen molar-refractivity contribution in [1.29, 1.82) is 0 Å². The number of hydrogen-bond acceptors (Lipinski definition) is 2. The predicted octanol–water partition coefficient (Wildman–Crippen LogP) is 4.21. The Morgan fingerprint density at radius 3 is 2.38 bits per heavy atom. The lowest BCUT2D eigenvalue weighted by Crippen LogP contribution is -2.38. The molecule has 3 heteroatoms. The van der Waals surface area contributed by atoms with Crippen LogP contribution in [0.25, 0.3) is 0 Å². The Bertz CT molecular complexity index is 632.